The number of nitrogens with one attached hydrogen (secondary N) is 1. The molecule has 1 aromatic carbocycles. The van der Waals surface area contributed by atoms with Crippen molar-refractivity contribution in [2.24, 2.45) is 5.92 Å². The number of carbonyl (C=O) groups is 2. The van der Waals surface area contributed by atoms with Crippen LogP contribution in [0.2, 0.25) is 5.02 Å². The van der Waals surface area contributed by atoms with Crippen molar-refractivity contribution >= 4 is 29.3 Å². The van der Waals surface area contributed by atoms with Crippen LogP contribution in [0.3, 0.4) is 0 Å². The van der Waals surface area contributed by atoms with Crippen LogP contribution >= 0.6 is 11.6 Å². The SMILES string of the molecule is CC(C)(C)OC(=O)N1CCC(C(=O)Nc2ccc(F)c(Cl)c2)C1. The second kappa shape index (κ2) is 6.74. The van der Waals surface area contributed by atoms with Crippen molar-refractivity contribution in [3.05, 3.63) is 29.0 Å². The topological polar surface area (TPSA) is 58.6 Å². The zero-order chi connectivity index (χ0) is 17.2. The molecule has 5 nitrogen and oxygen atoms in total. The summed E-state index contributed by atoms with van der Waals surface area (Å²) in [5.74, 6) is -1.09. The molecule has 1 N–H and O–H groups in total. The van der Waals surface area contributed by atoms with Crippen molar-refractivity contribution in [2.45, 2.75) is 32.8 Å². The number of ether oxygens (including phenoxy) is 1. The van der Waals surface area contributed by atoms with E-state index >= 15 is 0 Å². The van der Waals surface area contributed by atoms with Gasteiger partial charge in [-0.2, -0.15) is 0 Å². The van der Waals surface area contributed by atoms with E-state index in [4.69, 9.17) is 16.3 Å². The first-order valence-corrected chi connectivity index (χ1v) is 7.77. The van der Waals surface area contributed by atoms with Crippen LogP contribution in [0.25, 0.3) is 0 Å². The van der Waals surface area contributed by atoms with Gasteiger partial charge in [0, 0.05) is 18.8 Å². The summed E-state index contributed by atoms with van der Waals surface area (Å²) in [4.78, 5) is 25.7. The molecule has 1 aliphatic heterocycles. The van der Waals surface area contributed by atoms with Crippen LogP contribution in [-0.4, -0.2) is 35.6 Å². The lowest BCUT2D eigenvalue weighted by molar-refractivity contribution is -0.119. The van der Waals surface area contributed by atoms with E-state index in [9.17, 15) is 14.0 Å². The summed E-state index contributed by atoms with van der Waals surface area (Å²) in [6, 6.07) is 3.99. The molecule has 0 bridgehead atoms. The van der Waals surface area contributed by atoms with Gasteiger partial charge in [0.25, 0.3) is 0 Å². The van der Waals surface area contributed by atoms with Gasteiger partial charge >= 0.3 is 6.09 Å². The van der Waals surface area contributed by atoms with Crippen molar-refractivity contribution in [2.75, 3.05) is 18.4 Å². The van der Waals surface area contributed by atoms with Crippen LogP contribution in [0.5, 0.6) is 0 Å². The first kappa shape index (κ1) is 17.5. The molecule has 0 spiro atoms. The fourth-order valence-electron chi connectivity index (χ4n) is 2.28. The molecule has 0 aliphatic carbocycles. The van der Waals surface area contributed by atoms with Crippen molar-refractivity contribution < 1.29 is 18.7 Å². The highest BCUT2D eigenvalue weighted by Gasteiger charge is 2.33. The summed E-state index contributed by atoms with van der Waals surface area (Å²) in [5, 5.41) is 2.64. The number of hydrogen-bond donors (Lipinski definition) is 1. The average Bonchev–Trinajstić information content (AvgIpc) is 2.91. The molecule has 7 heteroatoms. The number of hydrogen-bond acceptors (Lipinski definition) is 3. The Bertz CT molecular complexity index is 616. The smallest absolute Gasteiger partial charge is 0.410 e. The third kappa shape index (κ3) is 4.82. The van der Waals surface area contributed by atoms with Gasteiger partial charge in [0.05, 0.1) is 10.9 Å². The first-order valence-electron chi connectivity index (χ1n) is 7.39. The molecule has 0 saturated carbocycles. The average molecular weight is 343 g/mol. The molecule has 1 heterocycles. The van der Waals surface area contributed by atoms with Gasteiger partial charge in [0.2, 0.25) is 5.91 Å². The summed E-state index contributed by atoms with van der Waals surface area (Å²) >= 11 is 5.69. The summed E-state index contributed by atoms with van der Waals surface area (Å²) in [6.07, 6.45) is 0.137. The molecule has 1 atom stereocenters. The van der Waals surface area contributed by atoms with E-state index in [1.54, 1.807) is 20.8 Å². The van der Waals surface area contributed by atoms with Crippen LogP contribution in [0.1, 0.15) is 27.2 Å². The Morgan fingerprint density at radius 1 is 1.39 bits per heavy atom. The molecule has 1 aliphatic rings. The highest BCUT2D eigenvalue weighted by molar-refractivity contribution is 6.31. The highest BCUT2D eigenvalue weighted by atomic mass is 35.5. The van der Waals surface area contributed by atoms with Gasteiger partial charge in [-0.3, -0.25) is 4.79 Å². The molecular weight excluding hydrogens is 323 g/mol. The standard InChI is InChI=1S/C16H20ClFN2O3/c1-16(2,3)23-15(22)20-7-6-10(9-20)14(21)19-11-4-5-13(18)12(17)8-11/h4-5,8,10H,6-7,9H2,1-3H3,(H,19,21). The summed E-state index contributed by atoms with van der Waals surface area (Å²) in [6.45, 7) is 6.16. The van der Waals surface area contributed by atoms with Crippen LogP contribution in [0, 0.1) is 11.7 Å². The molecule has 0 radical (unpaired) electrons. The molecule has 1 saturated heterocycles. The van der Waals surface area contributed by atoms with E-state index in [2.05, 4.69) is 5.32 Å². The fourth-order valence-corrected chi connectivity index (χ4v) is 2.47. The molecule has 0 aromatic heterocycles. The zero-order valence-corrected chi connectivity index (χ0v) is 14.1. The van der Waals surface area contributed by atoms with Crippen molar-refractivity contribution in [3.63, 3.8) is 0 Å². The predicted octanol–water partition coefficient (Wildman–Crippen LogP) is 3.67. The van der Waals surface area contributed by atoms with Gasteiger partial charge in [0.1, 0.15) is 11.4 Å². The second-order valence-electron chi connectivity index (χ2n) is 6.53. The van der Waals surface area contributed by atoms with E-state index in [1.807, 2.05) is 0 Å². The highest BCUT2D eigenvalue weighted by Crippen LogP contribution is 2.23. The minimum absolute atomic E-state index is 0.0513. The summed E-state index contributed by atoms with van der Waals surface area (Å²) in [5.41, 5.74) is -0.139. The number of carbonyl (C=O) groups excluding carboxylic acids is 2. The summed E-state index contributed by atoms with van der Waals surface area (Å²) in [7, 11) is 0. The molecule has 1 fully saturated rings. The van der Waals surface area contributed by atoms with Gasteiger partial charge < -0.3 is 15.0 Å². The second-order valence-corrected chi connectivity index (χ2v) is 6.94. The monoisotopic (exact) mass is 342 g/mol. The third-order valence-corrected chi connectivity index (χ3v) is 3.69. The van der Waals surface area contributed by atoms with Crippen LogP contribution < -0.4 is 5.32 Å². The summed E-state index contributed by atoms with van der Waals surface area (Å²) < 4.78 is 18.4. The van der Waals surface area contributed by atoms with Crippen LogP contribution in [-0.2, 0) is 9.53 Å². The number of halogens is 2. The number of rotatable bonds is 2. The molecule has 2 rings (SSSR count). The van der Waals surface area contributed by atoms with Crippen molar-refractivity contribution in [1.29, 1.82) is 0 Å². The molecular formula is C16H20ClFN2O3. The Balaban J connectivity index is 1.92. The minimum Gasteiger partial charge on any atom is -0.444 e. The van der Waals surface area contributed by atoms with Gasteiger partial charge in [-0.1, -0.05) is 11.6 Å². The first-order chi connectivity index (χ1) is 10.7. The molecule has 23 heavy (non-hydrogen) atoms. The minimum atomic E-state index is -0.567. The lowest BCUT2D eigenvalue weighted by atomic mass is 10.1. The lowest BCUT2D eigenvalue weighted by Gasteiger charge is -2.24. The Morgan fingerprint density at radius 3 is 2.70 bits per heavy atom. The van der Waals surface area contributed by atoms with E-state index in [0.717, 1.165) is 0 Å². The van der Waals surface area contributed by atoms with Crippen molar-refractivity contribution in [3.8, 4) is 0 Å². The molecule has 1 aromatic rings. The van der Waals surface area contributed by atoms with Gasteiger partial charge in [-0.05, 0) is 45.4 Å². The maximum atomic E-state index is 13.1. The Kier molecular flexibility index (Phi) is 5.14. The van der Waals surface area contributed by atoms with Crippen molar-refractivity contribution in [1.82, 2.24) is 4.90 Å². The molecule has 1 unspecified atom stereocenters. The maximum absolute atomic E-state index is 13.1. The van der Waals surface area contributed by atoms with Gasteiger partial charge in [-0.25, -0.2) is 9.18 Å². The number of amides is 2. The van der Waals surface area contributed by atoms with Gasteiger partial charge in [-0.15, -0.1) is 0 Å². The van der Waals surface area contributed by atoms with E-state index in [0.29, 0.717) is 25.2 Å². The van der Waals surface area contributed by atoms with Gasteiger partial charge in [0.15, 0.2) is 0 Å². The Morgan fingerprint density at radius 2 is 2.09 bits per heavy atom. The van der Waals surface area contributed by atoms with Crippen LogP contribution in [0.15, 0.2) is 18.2 Å². The van der Waals surface area contributed by atoms with Crippen LogP contribution in [0.4, 0.5) is 14.9 Å². The van der Waals surface area contributed by atoms with E-state index < -0.39 is 17.5 Å². The number of likely N-dealkylation sites (tertiary alicyclic amines) is 1. The Labute approximate surface area is 139 Å². The lowest BCUT2D eigenvalue weighted by Crippen LogP contribution is -2.36. The number of nitrogens with zero attached hydrogens (tertiary/aromatic N) is 1. The zero-order valence-electron chi connectivity index (χ0n) is 13.4. The third-order valence-electron chi connectivity index (χ3n) is 3.40. The Hall–Kier alpha value is -1.82. The molecule has 2 amide bonds. The largest absolute Gasteiger partial charge is 0.444 e. The molecule has 126 valence electrons. The predicted molar refractivity (Wildman–Crippen MR) is 86.0 cm³/mol. The normalized spacial score (nSPS) is 18.0. The number of benzene rings is 1. The maximum Gasteiger partial charge on any atom is 0.410 e. The van der Waals surface area contributed by atoms with E-state index in [1.165, 1.54) is 23.1 Å². The van der Waals surface area contributed by atoms with E-state index in [-0.39, 0.29) is 16.8 Å². The number of anilines is 1. The fraction of sp³-hybridized carbons (Fsp3) is 0.500. The quantitative estimate of drug-likeness (QED) is 0.892.